The first-order chi connectivity index (χ1) is 17.0. The Labute approximate surface area is 220 Å². The van der Waals surface area contributed by atoms with Gasteiger partial charge in [-0.05, 0) is 72.3 Å². The summed E-state index contributed by atoms with van der Waals surface area (Å²) in [5, 5.41) is 2.70. The molecule has 1 aromatic rings. The van der Waals surface area contributed by atoms with Crippen molar-refractivity contribution in [1.82, 2.24) is 10.3 Å². The van der Waals surface area contributed by atoms with E-state index in [9.17, 15) is 9.59 Å². The molecule has 37 heavy (non-hydrogen) atoms. The molecular weight excluding hydrogens is 479 g/mol. The molecule has 1 aliphatic carbocycles. The van der Waals surface area contributed by atoms with Crippen LogP contribution in [0.1, 0.15) is 93.2 Å². The number of ether oxygens (including phenoxy) is 4. The lowest BCUT2D eigenvalue weighted by Crippen LogP contribution is -2.60. The van der Waals surface area contributed by atoms with Gasteiger partial charge in [0.25, 0.3) is 0 Å². The summed E-state index contributed by atoms with van der Waals surface area (Å²) >= 11 is 0. The Morgan fingerprint density at radius 3 is 2.41 bits per heavy atom. The molecule has 1 aliphatic heterocycles. The number of carbonyl (C=O) groups is 2. The van der Waals surface area contributed by atoms with Crippen molar-refractivity contribution < 1.29 is 32.9 Å². The number of hydrogen-bond acceptors (Lipinski definition) is 7. The Morgan fingerprint density at radius 1 is 1.22 bits per heavy atom. The van der Waals surface area contributed by atoms with Gasteiger partial charge in [0.15, 0.2) is 5.60 Å². The molecule has 2 aliphatic rings. The fourth-order valence-electron chi connectivity index (χ4n) is 4.96. The maximum absolute atomic E-state index is 15.0. The summed E-state index contributed by atoms with van der Waals surface area (Å²) in [6, 6.07) is 2.46. The maximum atomic E-state index is 15.0. The summed E-state index contributed by atoms with van der Waals surface area (Å²) in [5.74, 6) is -0.626. The van der Waals surface area contributed by atoms with Gasteiger partial charge in [-0.1, -0.05) is 6.92 Å². The lowest BCUT2D eigenvalue weighted by molar-refractivity contribution is -0.171. The Kier molecular flexibility index (Phi) is 8.47. The Bertz CT molecular complexity index is 962. The van der Waals surface area contributed by atoms with Crippen LogP contribution in [0.2, 0.25) is 0 Å². The maximum Gasteiger partial charge on any atom is 0.407 e. The van der Waals surface area contributed by atoms with E-state index < -0.39 is 40.8 Å². The van der Waals surface area contributed by atoms with E-state index in [1.54, 1.807) is 52.9 Å². The van der Waals surface area contributed by atoms with Crippen LogP contribution in [0.15, 0.2) is 18.3 Å². The first kappa shape index (κ1) is 29.1. The summed E-state index contributed by atoms with van der Waals surface area (Å²) in [7, 11) is 0. The van der Waals surface area contributed by atoms with Gasteiger partial charge < -0.3 is 24.3 Å². The second-order valence-electron chi connectivity index (χ2n) is 12.6. The average molecular weight is 523 g/mol. The molecule has 1 aromatic heterocycles. The summed E-state index contributed by atoms with van der Waals surface area (Å²) in [6.07, 6.45) is 4.91. The minimum Gasteiger partial charge on any atom is -0.490 e. The van der Waals surface area contributed by atoms with Crippen molar-refractivity contribution in [2.24, 2.45) is 5.92 Å². The van der Waals surface area contributed by atoms with E-state index >= 15 is 4.39 Å². The molecule has 2 fully saturated rings. The van der Waals surface area contributed by atoms with Crippen LogP contribution >= 0.6 is 0 Å². The van der Waals surface area contributed by atoms with Crippen LogP contribution in [-0.2, 0) is 25.4 Å². The molecule has 2 atom stereocenters. The van der Waals surface area contributed by atoms with Gasteiger partial charge in [0.2, 0.25) is 5.79 Å². The van der Waals surface area contributed by atoms with Crippen molar-refractivity contribution >= 4 is 12.1 Å². The van der Waals surface area contributed by atoms with Crippen LogP contribution in [-0.4, -0.2) is 51.9 Å². The fourth-order valence-corrected chi connectivity index (χ4v) is 4.96. The van der Waals surface area contributed by atoms with Gasteiger partial charge in [0, 0.05) is 44.6 Å². The van der Waals surface area contributed by atoms with E-state index in [2.05, 4.69) is 17.2 Å². The quantitative estimate of drug-likeness (QED) is 0.440. The third-order valence-electron chi connectivity index (χ3n) is 6.55. The number of carbonyl (C=O) groups excluding carboxylic acids is 2. The number of esters is 1. The predicted octanol–water partition coefficient (Wildman–Crippen LogP) is 5.66. The second kappa shape index (κ2) is 10.8. The van der Waals surface area contributed by atoms with Crippen molar-refractivity contribution in [2.75, 3.05) is 0 Å². The van der Waals surface area contributed by atoms with Crippen LogP contribution in [0.4, 0.5) is 9.18 Å². The molecule has 0 spiro atoms. The Morgan fingerprint density at radius 2 is 1.86 bits per heavy atom. The number of nitrogens with one attached hydrogen (secondary N) is 1. The van der Waals surface area contributed by atoms with Crippen LogP contribution in [0, 0.1) is 5.92 Å². The number of pyridine rings is 1. The predicted molar refractivity (Wildman–Crippen MR) is 137 cm³/mol. The second-order valence-corrected chi connectivity index (χ2v) is 12.6. The topological polar surface area (TPSA) is 96.0 Å². The highest BCUT2D eigenvalue weighted by molar-refractivity contribution is 5.84. The zero-order valence-electron chi connectivity index (χ0n) is 23.5. The van der Waals surface area contributed by atoms with Crippen molar-refractivity contribution in [3.05, 3.63) is 24.0 Å². The van der Waals surface area contributed by atoms with Gasteiger partial charge in [-0.15, -0.1) is 0 Å². The number of hydrogen-bond donors (Lipinski definition) is 1. The van der Waals surface area contributed by atoms with Crippen LogP contribution in [0.5, 0.6) is 5.75 Å². The molecule has 1 saturated carbocycles. The Hall–Kier alpha value is -2.42. The summed E-state index contributed by atoms with van der Waals surface area (Å²) in [5.41, 5.74) is -3.74. The standard InChI is InChI=1S/C28H43FN2O6/c1-18-9-11-20(12-10-18)34-21-13-14-30-19(15-21)16-28(23(32)35-27(7,8)37-28)22(17-26(5,6)29)31-24(33)36-25(2,3)4/h13-15,18,20,22H,9-12,16-17H2,1-8H3,(H,31,33)/t18?,20?,22-,28+/m0/s1. The lowest BCUT2D eigenvalue weighted by Gasteiger charge is -2.37. The third-order valence-corrected chi connectivity index (χ3v) is 6.55. The molecule has 208 valence electrons. The molecule has 3 rings (SSSR count). The van der Waals surface area contributed by atoms with Crippen molar-refractivity contribution in [3.63, 3.8) is 0 Å². The first-order valence-electron chi connectivity index (χ1n) is 13.2. The van der Waals surface area contributed by atoms with Gasteiger partial charge in [-0.2, -0.15) is 0 Å². The van der Waals surface area contributed by atoms with E-state index in [4.69, 9.17) is 18.9 Å². The van der Waals surface area contributed by atoms with E-state index in [1.807, 2.05) is 0 Å². The van der Waals surface area contributed by atoms with E-state index in [0.717, 1.165) is 25.7 Å². The van der Waals surface area contributed by atoms with E-state index in [-0.39, 0.29) is 18.9 Å². The fraction of sp³-hybridized carbons (Fsp3) is 0.750. The SMILES string of the molecule is CC1CCC(Oc2ccnc(C[C@]3([C@H](CC(C)(C)F)NC(=O)OC(C)(C)C)OC(C)(C)OC3=O)c2)CC1. The minimum absolute atomic E-state index is 0.0509. The number of halogens is 1. The van der Waals surface area contributed by atoms with Crippen molar-refractivity contribution in [3.8, 4) is 5.75 Å². The zero-order valence-corrected chi connectivity index (χ0v) is 23.5. The molecule has 0 unspecified atom stereocenters. The first-order valence-corrected chi connectivity index (χ1v) is 13.2. The summed E-state index contributed by atoms with van der Waals surface area (Å²) < 4.78 is 38.4. The largest absolute Gasteiger partial charge is 0.490 e. The normalized spacial score (nSPS) is 26.8. The van der Waals surface area contributed by atoms with Gasteiger partial charge in [-0.25, -0.2) is 14.0 Å². The smallest absolute Gasteiger partial charge is 0.407 e. The number of amides is 1. The average Bonchev–Trinajstić information content (AvgIpc) is 2.95. The molecular formula is C28H43FN2O6. The highest BCUT2D eigenvalue weighted by Crippen LogP contribution is 2.40. The van der Waals surface area contributed by atoms with E-state index in [0.29, 0.717) is 17.4 Å². The van der Waals surface area contributed by atoms with Gasteiger partial charge >= 0.3 is 12.1 Å². The van der Waals surface area contributed by atoms with Crippen LogP contribution < -0.4 is 10.1 Å². The molecule has 8 nitrogen and oxygen atoms in total. The van der Waals surface area contributed by atoms with E-state index in [1.165, 1.54) is 13.8 Å². The van der Waals surface area contributed by atoms with Crippen molar-refractivity contribution in [1.29, 1.82) is 0 Å². The molecule has 1 saturated heterocycles. The number of cyclic esters (lactones) is 1. The molecule has 0 bridgehead atoms. The summed E-state index contributed by atoms with van der Waals surface area (Å²) in [4.78, 5) is 30.6. The molecule has 0 aromatic carbocycles. The number of alkyl carbamates (subject to hydrolysis) is 1. The monoisotopic (exact) mass is 522 g/mol. The molecule has 0 radical (unpaired) electrons. The van der Waals surface area contributed by atoms with Crippen molar-refractivity contribution in [2.45, 2.75) is 129 Å². The molecule has 9 heteroatoms. The summed E-state index contributed by atoms with van der Waals surface area (Å²) in [6.45, 7) is 13.4. The van der Waals surface area contributed by atoms with Crippen LogP contribution in [0.25, 0.3) is 0 Å². The van der Waals surface area contributed by atoms with Crippen LogP contribution in [0.3, 0.4) is 0 Å². The number of rotatable bonds is 8. The third kappa shape index (κ3) is 8.28. The number of nitrogens with zero attached hydrogens (tertiary/aromatic N) is 1. The van der Waals surface area contributed by atoms with Gasteiger partial charge in [0.05, 0.1) is 12.1 Å². The minimum atomic E-state index is -1.74. The molecule has 2 heterocycles. The molecule has 1 N–H and O–H groups in total. The number of aromatic nitrogens is 1. The molecule has 1 amide bonds. The zero-order chi connectivity index (χ0) is 27.6. The highest BCUT2D eigenvalue weighted by Gasteiger charge is 2.60. The van der Waals surface area contributed by atoms with Gasteiger partial charge in [-0.3, -0.25) is 4.98 Å². The van der Waals surface area contributed by atoms with Gasteiger partial charge in [0.1, 0.15) is 17.0 Å². The Balaban J connectivity index is 1.92. The highest BCUT2D eigenvalue weighted by atomic mass is 19.1. The number of alkyl halides is 1. The lowest BCUT2D eigenvalue weighted by atomic mass is 9.83.